The zero-order valence-electron chi connectivity index (χ0n) is 24.7. The molecule has 1 amide bonds. The fourth-order valence-electron chi connectivity index (χ4n) is 7.14. The molecule has 1 saturated heterocycles. The van der Waals surface area contributed by atoms with Crippen molar-refractivity contribution in [2.75, 3.05) is 26.4 Å². The highest BCUT2D eigenvalue weighted by Crippen LogP contribution is 2.49. The second kappa shape index (κ2) is 12.3. The topological polar surface area (TPSA) is 59.1 Å². The third-order valence-electron chi connectivity index (χ3n) is 9.62. The van der Waals surface area contributed by atoms with Gasteiger partial charge in [0.1, 0.15) is 5.75 Å². The first-order valence-electron chi connectivity index (χ1n) is 15.1. The van der Waals surface area contributed by atoms with E-state index in [1.165, 1.54) is 11.6 Å². The maximum atomic E-state index is 14.1. The quantitative estimate of drug-likeness (QED) is 0.341. The largest absolute Gasteiger partial charge is 0.473 e. The van der Waals surface area contributed by atoms with E-state index in [-0.39, 0.29) is 37.1 Å². The summed E-state index contributed by atoms with van der Waals surface area (Å²) in [5, 5.41) is 0. The molecule has 9 heteroatoms. The Labute approximate surface area is 246 Å². The maximum absolute atomic E-state index is 14.1. The van der Waals surface area contributed by atoms with Crippen LogP contribution in [0.3, 0.4) is 0 Å². The van der Waals surface area contributed by atoms with Crippen molar-refractivity contribution in [2.45, 2.75) is 84.0 Å². The molecule has 2 aromatic rings. The number of amides is 1. The minimum absolute atomic E-state index is 0.0217. The van der Waals surface area contributed by atoms with Crippen LogP contribution in [0.15, 0.2) is 42.5 Å². The van der Waals surface area contributed by atoms with Crippen molar-refractivity contribution in [3.05, 3.63) is 64.7 Å². The van der Waals surface area contributed by atoms with Gasteiger partial charge in [-0.2, -0.15) is 13.2 Å². The molecule has 1 saturated carbocycles. The van der Waals surface area contributed by atoms with Crippen LogP contribution in [0.4, 0.5) is 13.2 Å². The number of benzene rings is 2. The van der Waals surface area contributed by atoms with Crippen LogP contribution in [0.5, 0.6) is 5.75 Å². The molecule has 2 heterocycles. The molecule has 0 spiro atoms. The van der Waals surface area contributed by atoms with Crippen molar-refractivity contribution in [3.63, 3.8) is 0 Å². The average Bonchev–Trinajstić information content (AvgIpc) is 3.29. The smallest absolute Gasteiger partial charge is 0.416 e. The predicted molar refractivity (Wildman–Crippen MR) is 153 cm³/mol. The lowest BCUT2D eigenvalue weighted by molar-refractivity contribution is -0.150. The lowest BCUT2D eigenvalue weighted by Gasteiger charge is -2.40. The molecule has 228 valence electrons. The van der Waals surface area contributed by atoms with Crippen molar-refractivity contribution in [3.8, 4) is 5.75 Å². The number of hydrogen-bond donors (Lipinski definition) is 0. The van der Waals surface area contributed by atoms with Gasteiger partial charge in [0.05, 0.1) is 29.7 Å². The Hall–Kier alpha value is -3.07. The van der Waals surface area contributed by atoms with Gasteiger partial charge in [0.25, 0.3) is 0 Å². The monoisotopic (exact) mass is 586 g/mol. The first kappa shape index (κ1) is 30.4. The molecule has 5 rings (SSSR count). The number of carbonyl (C=O) groups is 2. The van der Waals surface area contributed by atoms with Gasteiger partial charge in [-0.1, -0.05) is 26.0 Å². The van der Waals surface area contributed by atoms with Gasteiger partial charge in [-0.05, 0) is 106 Å². The number of ether oxygens (including phenoxy) is 2. The SMILES string of the molecule is CCOC(=O)c1cccc([C@@H]2CCCN([C@@H]3CC[C@@](C(=O)N4COc5ccc(C(F)(F)F)cc5C4)(C(C)C)C3)CC2)c1. The summed E-state index contributed by atoms with van der Waals surface area (Å²) in [5.74, 6) is 0.532. The van der Waals surface area contributed by atoms with E-state index in [9.17, 15) is 22.8 Å². The number of nitrogens with zero attached hydrogens (tertiary/aromatic N) is 2. The van der Waals surface area contributed by atoms with E-state index in [0.717, 1.165) is 63.7 Å². The van der Waals surface area contributed by atoms with Gasteiger partial charge in [-0.15, -0.1) is 0 Å². The zero-order chi connectivity index (χ0) is 30.1. The fourth-order valence-corrected chi connectivity index (χ4v) is 7.14. The molecule has 3 aliphatic rings. The van der Waals surface area contributed by atoms with E-state index in [1.54, 1.807) is 17.9 Å². The fraction of sp³-hybridized carbons (Fsp3) is 0.576. The van der Waals surface area contributed by atoms with Crippen LogP contribution >= 0.6 is 0 Å². The third kappa shape index (κ3) is 6.17. The average molecular weight is 587 g/mol. The van der Waals surface area contributed by atoms with Crippen LogP contribution in [-0.2, 0) is 22.3 Å². The Morgan fingerprint density at radius 3 is 2.64 bits per heavy atom. The number of likely N-dealkylation sites (tertiary alicyclic amines) is 1. The molecule has 2 aliphatic heterocycles. The minimum Gasteiger partial charge on any atom is -0.473 e. The number of rotatable bonds is 6. The standard InChI is InChI=1S/C33H41F3N2O4/c1-4-41-30(39)25-8-5-7-24(17-25)23-9-6-15-37(16-13-23)28-12-14-32(19-28,22(2)3)31(40)38-20-26-18-27(33(34,35)36)10-11-29(26)42-21-38/h5,7-8,10-11,17-18,22-23,28H,4,6,9,12-16,19-21H2,1-3H3/t23-,28-,32+/m1/s1. The summed E-state index contributed by atoms with van der Waals surface area (Å²) in [5.41, 5.74) is 0.839. The summed E-state index contributed by atoms with van der Waals surface area (Å²) in [4.78, 5) is 30.5. The second-order valence-corrected chi connectivity index (χ2v) is 12.3. The summed E-state index contributed by atoms with van der Waals surface area (Å²) in [6, 6.07) is 11.5. The first-order chi connectivity index (χ1) is 20.0. The highest BCUT2D eigenvalue weighted by atomic mass is 19.4. The summed E-state index contributed by atoms with van der Waals surface area (Å²) >= 11 is 0. The van der Waals surface area contributed by atoms with Crippen molar-refractivity contribution in [1.29, 1.82) is 0 Å². The van der Waals surface area contributed by atoms with Gasteiger partial charge in [-0.3, -0.25) is 4.79 Å². The van der Waals surface area contributed by atoms with E-state index >= 15 is 0 Å². The Balaban J connectivity index is 1.26. The van der Waals surface area contributed by atoms with Crippen molar-refractivity contribution < 1.29 is 32.2 Å². The van der Waals surface area contributed by atoms with Crippen LogP contribution in [-0.4, -0.2) is 54.1 Å². The summed E-state index contributed by atoms with van der Waals surface area (Å²) in [6.45, 7) is 8.35. The number of carbonyl (C=O) groups excluding carboxylic acids is 2. The van der Waals surface area contributed by atoms with Crippen LogP contribution in [0.1, 0.15) is 92.3 Å². The van der Waals surface area contributed by atoms with Crippen molar-refractivity contribution in [1.82, 2.24) is 9.80 Å². The summed E-state index contributed by atoms with van der Waals surface area (Å²) in [7, 11) is 0. The van der Waals surface area contributed by atoms with Gasteiger partial charge >= 0.3 is 12.1 Å². The van der Waals surface area contributed by atoms with E-state index in [2.05, 4.69) is 24.8 Å². The van der Waals surface area contributed by atoms with Gasteiger partial charge in [0.2, 0.25) is 5.91 Å². The Kier molecular flexibility index (Phi) is 8.88. The third-order valence-corrected chi connectivity index (χ3v) is 9.62. The Bertz CT molecular complexity index is 1300. The molecule has 0 unspecified atom stereocenters. The molecule has 0 N–H and O–H groups in total. The highest BCUT2D eigenvalue weighted by molar-refractivity contribution is 5.89. The summed E-state index contributed by atoms with van der Waals surface area (Å²) < 4.78 is 50.9. The van der Waals surface area contributed by atoms with Gasteiger partial charge in [-0.25, -0.2) is 4.79 Å². The lowest BCUT2D eigenvalue weighted by atomic mass is 9.74. The van der Waals surface area contributed by atoms with Gasteiger partial charge in [0.15, 0.2) is 6.73 Å². The van der Waals surface area contributed by atoms with Gasteiger partial charge in [0, 0.05) is 11.6 Å². The number of hydrogen-bond acceptors (Lipinski definition) is 5. The van der Waals surface area contributed by atoms with Crippen molar-refractivity contribution in [2.24, 2.45) is 11.3 Å². The maximum Gasteiger partial charge on any atom is 0.416 e. The first-order valence-corrected chi connectivity index (χ1v) is 15.1. The minimum atomic E-state index is -4.45. The van der Waals surface area contributed by atoms with E-state index < -0.39 is 17.2 Å². The molecule has 6 nitrogen and oxygen atoms in total. The molecular formula is C33H41F3N2O4. The van der Waals surface area contributed by atoms with Crippen molar-refractivity contribution >= 4 is 11.9 Å². The number of alkyl halides is 3. The van der Waals surface area contributed by atoms with Crippen LogP contribution in [0.2, 0.25) is 0 Å². The Morgan fingerprint density at radius 1 is 1.10 bits per heavy atom. The number of halogens is 3. The molecule has 0 radical (unpaired) electrons. The lowest BCUT2D eigenvalue weighted by Crippen LogP contribution is -2.49. The van der Waals surface area contributed by atoms with Crippen LogP contribution in [0, 0.1) is 11.3 Å². The molecule has 2 fully saturated rings. The zero-order valence-corrected chi connectivity index (χ0v) is 24.7. The van der Waals surface area contributed by atoms with Gasteiger partial charge < -0.3 is 19.3 Å². The normalized spacial score (nSPS) is 25.1. The van der Waals surface area contributed by atoms with E-state index in [0.29, 0.717) is 29.4 Å². The highest BCUT2D eigenvalue weighted by Gasteiger charge is 2.51. The summed E-state index contributed by atoms with van der Waals surface area (Å²) in [6.07, 6.45) is 0.995. The van der Waals surface area contributed by atoms with Crippen LogP contribution in [0.25, 0.3) is 0 Å². The molecule has 42 heavy (non-hydrogen) atoms. The number of esters is 1. The molecule has 1 aliphatic carbocycles. The second-order valence-electron chi connectivity index (χ2n) is 12.3. The molecular weight excluding hydrogens is 545 g/mol. The molecule has 0 bridgehead atoms. The van der Waals surface area contributed by atoms with E-state index in [1.807, 2.05) is 12.1 Å². The van der Waals surface area contributed by atoms with Crippen LogP contribution < -0.4 is 4.74 Å². The van der Waals surface area contributed by atoms with E-state index in [4.69, 9.17) is 9.47 Å². The molecule has 3 atom stereocenters. The Morgan fingerprint density at radius 2 is 1.90 bits per heavy atom. The molecule has 2 aromatic carbocycles. The molecule has 0 aromatic heterocycles. The predicted octanol–water partition coefficient (Wildman–Crippen LogP) is 7.03. The number of fused-ring (bicyclic) bond motifs is 1.